The zero-order valence-electron chi connectivity index (χ0n) is 14.9. The van der Waals surface area contributed by atoms with Crippen LogP contribution in [0.25, 0.3) is 11.4 Å². The number of hydrogen-bond donors (Lipinski definition) is 1. The molecule has 6 nitrogen and oxygen atoms in total. The van der Waals surface area contributed by atoms with Crippen LogP contribution in [-0.4, -0.2) is 45.7 Å². The van der Waals surface area contributed by atoms with Crippen LogP contribution in [0.5, 0.6) is 0 Å². The molecule has 25 heavy (non-hydrogen) atoms. The molecule has 1 aromatic carbocycles. The normalized spacial score (nSPS) is 17.4. The highest BCUT2D eigenvalue weighted by atomic mass is 16.6. The predicted molar refractivity (Wildman–Crippen MR) is 97.3 cm³/mol. The minimum atomic E-state index is -0.472. The van der Waals surface area contributed by atoms with Gasteiger partial charge in [0, 0.05) is 30.9 Å². The number of nitrogens with one attached hydrogen (secondary N) is 1. The second-order valence-corrected chi connectivity index (χ2v) is 7.19. The largest absolute Gasteiger partial charge is 0.444 e. The lowest BCUT2D eigenvalue weighted by molar-refractivity contribution is 0.0293. The van der Waals surface area contributed by atoms with E-state index in [-0.39, 0.29) is 12.1 Å². The number of ether oxygens (including phenoxy) is 1. The molecule has 2 aromatic rings. The van der Waals surface area contributed by atoms with Gasteiger partial charge in [0.15, 0.2) is 5.82 Å². The monoisotopic (exact) mass is 340 g/mol. The Labute approximate surface area is 148 Å². The lowest BCUT2D eigenvalue weighted by atomic mass is 10.2. The van der Waals surface area contributed by atoms with Gasteiger partial charge in [-0.2, -0.15) is 0 Å². The summed E-state index contributed by atoms with van der Waals surface area (Å²) in [6.45, 7) is 6.93. The van der Waals surface area contributed by atoms with Gasteiger partial charge in [-0.05, 0) is 33.3 Å². The molecule has 1 aliphatic heterocycles. The van der Waals surface area contributed by atoms with Crippen LogP contribution >= 0.6 is 0 Å². The van der Waals surface area contributed by atoms with E-state index in [0.29, 0.717) is 18.9 Å². The molecular weight excluding hydrogens is 316 g/mol. The number of nitrogens with zero attached hydrogens (tertiary/aromatic N) is 3. The first kappa shape index (κ1) is 17.2. The first-order valence-electron chi connectivity index (χ1n) is 8.54. The van der Waals surface area contributed by atoms with Crippen molar-refractivity contribution in [1.82, 2.24) is 14.9 Å². The molecule has 1 aromatic heterocycles. The number of aromatic nitrogens is 2. The fourth-order valence-electron chi connectivity index (χ4n) is 2.74. The van der Waals surface area contributed by atoms with Crippen molar-refractivity contribution < 1.29 is 9.53 Å². The lowest BCUT2D eigenvalue weighted by Crippen LogP contribution is -2.36. The molecule has 0 radical (unpaired) electrons. The fourth-order valence-corrected chi connectivity index (χ4v) is 2.74. The van der Waals surface area contributed by atoms with Crippen LogP contribution in [0.2, 0.25) is 0 Å². The molecule has 0 aliphatic carbocycles. The predicted octanol–water partition coefficient (Wildman–Crippen LogP) is 3.56. The summed E-state index contributed by atoms with van der Waals surface area (Å²) in [6, 6.07) is 11.9. The van der Waals surface area contributed by atoms with Crippen molar-refractivity contribution >= 4 is 11.9 Å². The number of carbonyl (C=O) groups is 1. The number of likely N-dealkylation sites (tertiary alicyclic amines) is 1. The molecule has 3 rings (SSSR count). The van der Waals surface area contributed by atoms with E-state index >= 15 is 0 Å². The highest BCUT2D eigenvalue weighted by Gasteiger charge is 2.29. The summed E-state index contributed by atoms with van der Waals surface area (Å²) >= 11 is 0. The van der Waals surface area contributed by atoms with Gasteiger partial charge in [-0.25, -0.2) is 14.8 Å². The van der Waals surface area contributed by atoms with E-state index in [0.717, 1.165) is 17.8 Å². The number of amides is 1. The van der Waals surface area contributed by atoms with E-state index in [1.807, 2.05) is 57.2 Å². The third-order valence-electron chi connectivity index (χ3n) is 3.88. The van der Waals surface area contributed by atoms with Crippen molar-refractivity contribution in [3.63, 3.8) is 0 Å². The number of anilines is 1. The minimum absolute atomic E-state index is 0.158. The molecule has 1 N–H and O–H groups in total. The van der Waals surface area contributed by atoms with Crippen molar-refractivity contribution in [3.8, 4) is 11.4 Å². The van der Waals surface area contributed by atoms with Crippen LogP contribution in [-0.2, 0) is 4.74 Å². The summed E-state index contributed by atoms with van der Waals surface area (Å²) < 4.78 is 5.43. The average Bonchev–Trinajstić information content (AvgIpc) is 3.03. The van der Waals surface area contributed by atoms with Gasteiger partial charge in [-0.15, -0.1) is 0 Å². The first-order valence-corrected chi connectivity index (χ1v) is 8.54. The van der Waals surface area contributed by atoms with E-state index in [1.54, 1.807) is 11.1 Å². The summed E-state index contributed by atoms with van der Waals surface area (Å²) in [4.78, 5) is 22.8. The van der Waals surface area contributed by atoms with Gasteiger partial charge in [0.2, 0.25) is 0 Å². The third kappa shape index (κ3) is 4.68. The Morgan fingerprint density at radius 1 is 1.24 bits per heavy atom. The van der Waals surface area contributed by atoms with Gasteiger partial charge in [-0.3, -0.25) is 0 Å². The molecule has 0 unspecified atom stereocenters. The molecule has 1 fully saturated rings. The van der Waals surface area contributed by atoms with Crippen molar-refractivity contribution in [3.05, 3.63) is 42.6 Å². The Hall–Kier alpha value is -2.63. The summed E-state index contributed by atoms with van der Waals surface area (Å²) in [5.74, 6) is 1.46. The molecule has 2 heterocycles. The Morgan fingerprint density at radius 2 is 2.00 bits per heavy atom. The number of rotatable bonds is 3. The highest BCUT2D eigenvalue weighted by Crippen LogP contribution is 2.20. The van der Waals surface area contributed by atoms with Gasteiger partial charge < -0.3 is 15.0 Å². The molecule has 1 amide bonds. The Balaban J connectivity index is 1.61. The maximum atomic E-state index is 12.1. The smallest absolute Gasteiger partial charge is 0.410 e. The molecule has 132 valence electrons. The van der Waals surface area contributed by atoms with Crippen LogP contribution in [0, 0.1) is 0 Å². The first-order chi connectivity index (χ1) is 11.9. The van der Waals surface area contributed by atoms with Gasteiger partial charge >= 0.3 is 6.09 Å². The molecule has 1 saturated heterocycles. The summed E-state index contributed by atoms with van der Waals surface area (Å²) in [6.07, 6.45) is 2.35. The van der Waals surface area contributed by atoms with Crippen LogP contribution < -0.4 is 5.32 Å². The van der Waals surface area contributed by atoms with Gasteiger partial charge in [-0.1, -0.05) is 30.3 Å². The van der Waals surface area contributed by atoms with Crippen molar-refractivity contribution in [2.75, 3.05) is 18.4 Å². The summed E-state index contributed by atoms with van der Waals surface area (Å²) in [5.41, 5.74) is 0.507. The quantitative estimate of drug-likeness (QED) is 0.925. The summed E-state index contributed by atoms with van der Waals surface area (Å²) in [7, 11) is 0. The van der Waals surface area contributed by atoms with E-state index in [1.165, 1.54) is 0 Å². The van der Waals surface area contributed by atoms with Crippen molar-refractivity contribution in [1.29, 1.82) is 0 Å². The lowest BCUT2D eigenvalue weighted by Gasteiger charge is -2.24. The van der Waals surface area contributed by atoms with Gasteiger partial charge in [0.25, 0.3) is 0 Å². The zero-order chi connectivity index (χ0) is 17.9. The van der Waals surface area contributed by atoms with Crippen molar-refractivity contribution in [2.24, 2.45) is 0 Å². The molecule has 0 saturated carbocycles. The van der Waals surface area contributed by atoms with Crippen LogP contribution in [0.15, 0.2) is 42.6 Å². The van der Waals surface area contributed by atoms with Gasteiger partial charge in [0.05, 0.1) is 0 Å². The molecule has 1 atom stereocenters. The molecule has 6 heteroatoms. The topological polar surface area (TPSA) is 67.3 Å². The van der Waals surface area contributed by atoms with E-state index in [4.69, 9.17) is 4.74 Å². The SMILES string of the molecule is CC(C)(C)OC(=O)N1CC[C@H](Nc2ccnc(-c3ccccc3)n2)C1. The Kier molecular flexibility index (Phi) is 4.88. The van der Waals surface area contributed by atoms with Crippen molar-refractivity contribution in [2.45, 2.75) is 38.8 Å². The Morgan fingerprint density at radius 3 is 2.72 bits per heavy atom. The molecule has 0 spiro atoms. The standard InChI is InChI=1S/C19H24N4O2/c1-19(2,3)25-18(24)23-12-10-15(13-23)21-16-9-11-20-17(22-16)14-7-5-4-6-8-14/h4-9,11,15H,10,12-13H2,1-3H3,(H,20,21,22)/t15-/m0/s1. The third-order valence-corrected chi connectivity index (χ3v) is 3.88. The minimum Gasteiger partial charge on any atom is -0.444 e. The number of carbonyl (C=O) groups excluding carboxylic acids is 1. The fraction of sp³-hybridized carbons (Fsp3) is 0.421. The van der Waals surface area contributed by atoms with E-state index < -0.39 is 5.60 Å². The summed E-state index contributed by atoms with van der Waals surface area (Å²) in [5, 5.41) is 3.40. The number of benzene rings is 1. The zero-order valence-corrected chi connectivity index (χ0v) is 14.9. The van der Waals surface area contributed by atoms with E-state index in [2.05, 4.69) is 15.3 Å². The Bertz CT molecular complexity index is 728. The second kappa shape index (κ2) is 7.09. The average molecular weight is 340 g/mol. The van der Waals surface area contributed by atoms with Crippen LogP contribution in [0.3, 0.4) is 0 Å². The second-order valence-electron chi connectivity index (χ2n) is 7.19. The van der Waals surface area contributed by atoms with Crippen LogP contribution in [0.4, 0.5) is 10.6 Å². The van der Waals surface area contributed by atoms with Gasteiger partial charge in [0.1, 0.15) is 11.4 Å². The maximum Gasteiger partial charge on any atom is 0.410 e. The molecular formula is C19H24N4O2. The molecule has 0 bridgehead atoms. The number of hydrogen-bond acceptors (Lipinski definition) is 5. The van der Waals surface area contributed by atoms with Crippen LogP contribution in [0.1, 0.15) is 27.2 Å². The highest BCUT2D eigenvalue weighted by molar-refractivity contribution is 5.68. The van der Waals surface area contributed by atoms with E-state index in [9.17, 15) is 4.79 Å². The molecule has 1 aliphatic rings. The maximum absolute atomic E-state index is 12.1.